The summed E-state index contributed by atoms with van der Waals surface area (Å²) in [5.41, 5.74) is 1.25. The molecular weight excluding hydrogens is 320 g/mol. The van der Waals surface area contributed by atoms with Gasteiger partial charge in [0.25, 0.3) is 0 Å². The van der Waals surface area contributed by atoms with Crippen molar-refractivity contribution in [1.82, 2.24) is 0 Å². The SMILES string of the molecule is Cc1cc(Br)cc(C=O)c1OC1CCS(=O)(=O)C1. The monoisotopic (exact) mass is 332 g/mol. The highest BCUT2D eigenvalue weighted by atomic mass is 79.9. The van der Waals surface area contributed by atoms with Crippen LogP contribution in [-0.2, 0) is 9.84 Å². The van der Waals surface area contributed by atoms with Gasteiger partial charge in [-0.25, -0.2) is 8.42 Å². The minimum Gasteiger partial charge on any atom is -0.488 e. The highest BCUT2D eigenvalue weighted by Gasteiger charge is 2.30. The summed E-state index contributed by atoms with van der Waals surface area (Å²) in [6, 6.07) is 3.50. The van der Waals surface area contributed by atoms with Gasteiger partial charge in [-0.3, -0.25) is 4.79 Å². The van der Waals surface area contributed by atoms with Crippen molar-refractivity contribution in [3.05, 3.63) is 27.7 Å². The summed E-state index contributed by atoms with van der Waals surface area (Å²) >= 11 is 3.31. The van der Waals surface area contributed by atoms with Crippen LogP contribution in [-0.4, -0.2) is 32.3 Å². The van der Waals surface area contributed by atoms with E-state index < -0.39 is 9.84 Å². The van der Waals surface area contributed by atoms with E-state index in [1.54, 1.807) is 6.07 Å². The fourth-order valence-corrected chi connectivity index (χ4v) is 4.20. The Morgan fingerprint density at radius 2 is 2.17 bits per heavy atom. The molecule has 98 valence electrons. The summed E-state index contributed by atoms with van der Waals surface area (Å²) in [7, 11) is -2.98. The molecule has 1 fully saturated rings. The molecule has 1 aromatic rings. The lowest BCUT2D eigenvalue weighted by atomic mass is 10.1. The van der Waals surface area contributed by atoms with E-state index in [1.165, 1.54) is 0 Å². The molecule has 0 saturated carbocycles. The first kappa shape index (κ1) is 13.5. The van der Waals surface area contributed by atoms with Gasteiger partial charge in [0, 0.05) is 4.47 Å². The maximum atomic E-state index is 11.4. The average Bonchev–Trinajstić information content (AvgIpc) is 2.61. The van der Waals surface area contributed by atoms with E-state index in [9.17, 15) is 13.2 Å². The molecule has 0 aromatic heterocycles. The maximum absolute atomic E-state index is 11.4. The van der Waals surface area contributed by atoms with Crippen LogP contribution < -0.4 is 4.74 Å². The molecule has 4 nitrogen and oxygen atoms in total. The molecule has 0 bridgehead atoms. The fourth-order valence-electron chi connectivity index (χ4n) is 2.02. The molecule has 0 radical (unpaired) electrons. The van der Waals surface area contributed by atoms with Crippen molar-refractivity contribution in [3.63, 3.8) is 0 Å². The van der Waals surface area contributed by atoms with Crippen molar-refractivity contribution in [2.45, 2.75) is 19.4 Å². The molecule has 1 atom stereocenters. The van der Waals surface area contributed by atoms with Crippen molar-refractivity contribution in [3.8, 4) is 5.75 Å². The van der Waals surface area contributed by atoms with Crippen molar-refractivity contribution in [1.29, 1.82) is 0 Å². The topological polar surface area (TPSA) is 60.4 Å². The Labute approximate surface area is 114 Å². The lowest BCUT2D eigenvalue weighted by Gasteiger charge is -2.16. The van der Waals surface area contributed by atoms with Gasteiger partial charge in [-0.2, -0.15) is 0 Å². The van der Waals surface area contributed by atoms with Gasteiger partial charge in [0.1, 0.15) is 11.9 Å². The summed E-state index contributed by atoms with van der Waals surface area (Å²) in [5.74, 6) is 0.667. The molecule has 6 heteroatoms. The predicted molar refractivity (Wildman–Crippen MR) is 72.0 cm³/mol. The Balaban J connectivity index is 2.27. The molecule has 0 aliphatic carbocycles. The summed E-state index contributed by atoms with van der Waals surface area (Å²) < 4.78 is 29.2. The minimum absolute atomic E-state index is 0.0286. The number of hydrogen-bond acceptors (Lipinski definition) is 4. The van der Waals surface area contributed by atoms with Gasteiger partial charge in [0.05, 0.1) is 17.1 Å². The van der Waals surface area contributed by atoms with Crippen LogP contribution in [0.15, 0.2) is 16.6 Å². The van der Waals surface area contributed by atoms with E-state index >= 15 is 0 Å². The summed E-state index contributed by atoms with van der Waals surface area (Å²) in [5, 5.41) is 0. The van der Waals surface area contributed by atoms with E-state index in [4.69, 9.17) is 4.74 Å². The predicted octanol–water partition coefficient (Wildman–Crippen LogP) is 2.14. The van der Waals surface area contributed by atoms with E-state index in [0.29, 0.717) is 17.7 Å². The number of benzene rings is 1. The normalized spacial score (nSPS) is 21.8. The Bertz CT molecular complexity index is 580. The first-order valence-electron chi connectivity index (χ1n) is 5.54. The van der Waals surface area contributed by atoms with Crippen LogP contribution in [0.5, 0.6) is 5.75 Å². The molecule has 0 amide bonds. The van der Waals surface area contributed by atoms with E-state index in [2.05, 4.69) is 15.9 Å². The molecule has 0 N–H and O–H groups in total. The third kappa shape index (κ3) is 2.92. The van der Waals surface area contributed by atoms with Crippen LogP contribution in [0.1, 0.15) is 22.3 Å². The summed E-state index contributed by atoms with van der Waals surface area (Å²) in [4.78, 5) is 11.0. The smallest absolute Gasteiger partial charge is 0.154 e. The molecule has 1 aliphatic rings. The standard InChI is InChI=1S/C12H13BrO4S/c1-8-4-10(13)5-9(6-14)12(8)17-11-2-3-18(15,16)7-11/h4-6,11H,2-3,7H2,1H3. The Kier molecular flexibility index (Phi) is 3.77. The van der Waals surface area contributed by atoms with Crippen LogP contribution in [0.25, 0.3) is 0 Å². The zero-order valence-corrected chi connectivity index (χ0v) is 12.3. The number of sulfone groups is 1. The van der Waals surface area contributed by atoms with Gasteiger partial charge in [-0.05, 0) is 31.0 Å². The Morgan fingerprint density at radius 3 is 2.72 bits per heavy atom. The van der Waals surface area contributed by atoms with Gasteiger partial charge >= 0.3 is 0 Å². The van der Waals surface area contributed by atoms with Gasteiger partial charge in [-0.1, -0.05) is 15.9 Å². The van der Waals surface area contributed by atoms with Crippen molar-refractivity contribution < 1.29 is 17.9 Å². The first-order valence-corrected chi connectivity index (χ1v) is 8.15. The molecule has 1 unspecified atom stereocenters. The molecular formula is C12H13BrO4S. The third-order valence-corrected chi connectivity index (χ3v) is 5.07. The number of aldehydes is 1. The lowest BCUT2D eigenvalue weighted by Crippen LogP contribution is -2.19. The Hall–Kier alpha value is -0.880. The van der Waals surface area contributed by atoms with Crippen LogP contribution in [0.4, 0.5) is 0 Å². The van der Waals surface area contributed by atoms with Crippen molar-refractivity contribution >= 4 is 32.1 Å². The molecule has 1 heterocycles. The molecule has 2 rings (SSSR count). The highest BCUT2D eigenvalue weighted by molar-refractivity contribution is 9.10. The average molecular weight is 333 g/mol. The zero-order valence-electron chi connectivity index (χ0n) is 9.85. The molecule has 1 aliphatic heterocycles. The van der Waals surface area contributed by atoms with Gasteiger partial charge in [-0.15, -0.1) is 0 Å². The number of ether oxygens (including phenoxy) is 1. The zero-order chi connectivity index (χ0) is 13.3. The number of halogens is 1. The van der Waals surface area contributed by atoms with E-state index in [-0.39, 0.29) is 17.6 Å². The van der Waals surface area contributed by atoms with Gasteiger partial charge in [0.15, 0.2) is 16.1 Å². The second-order valence-corrected chi connectivity index (χ2v) is 7.55. The van der Waals surface area contributed by atoms with Crippen molar-refractivity contribution in [2.24, 2.45) is 0 Å². The van der Waals surface area contributed by atoms with E-state index in [0.717, 1.165) is 16.3 Å². The lowest BCUT2D eigenvalue weighted by molar-refractivity contribution is 0.111. The van der Waals surface area contributed by atoms with Crippen LogP contribution in [0, 0.1) is 6.92 Å². The summed E-state index contributed by atoms with van der Waals surface area (Å²) in [6.45, 7) is 1.83. The summed E-state index contributed by atoms with van der Waals surface area (Å²) in [6.07, 6.45) is 0.848. The quantitative estimate of drug-likeness (QED) is 0.795. The second-order valence-electron chi connectivity index (χ2n) is 4.40. The number of aryl methyl sites for hydroxylation is 1. The highest BCUT2D eigenvalue weighted by Crippen LogP contribution is 2.29. The van der Waals surface area contributed by atoms with Crippen molar-refractivity contribution in [2.75, 3.05) is 11.5 Å². The molecule has 1 saturated heterocycles. The molecule has 18 heavy (non-hydrogen) atoms. The fraction of sp³-hybridized carbons (Fsp3) is 0.417. The van der Waals surface area contributed by atoms with Crippen LogP contribution >= 0.6 is 15.9 Å². The number of rotatable bonds is 3. The largest absolute Gasteiger partial charge is 0.488 e. The third-order valence-electron chi connectivity index (χ3n) is 2.87. The Morgan fingerprint density at radius 1 is 1.44 bits per heavy atom. The van der Waals surface area contributed by atoms with E-state index in [1.807, 2.05) is 13.0 Å². The van der Waals surface area contributed by atoms with Gasteiger partial charge in [0.2, 0.25) is 0 Å². The molecule has 1 aromatic carbocycles. The molecule has 0 spiro atoms. The first-order chi connectivity index (χ1) is 8.41. The number of carbonyl (C=O) groups excluding carboxylic acids is 1. The number of hydrogen-bond donors (Lipinski definition) is 0. The number of carbonyl (C=O) groups is 1. The van der Waals surface area contributed by atoms with Gasteiger partial charge < -0.3 is 4.74 Å². The maximum Gasteiger partial charge on any atom is 0.154 e. The second kappa shape index (κ2) is 5.01. The minimum atomic E-state index is -2.98. The van der Waals surface area contributed by atoms with Crippen LogP contribution in [0.3, 0.4) is 0 Å². The van der Waals surface area contributed by atoms with Crippen LogP contribution in [0.2, 0.25) is 0 Å².